The van der Waals surface area contributed by atoms with Crippen LogP contribution in [0.5, 0.6) is 0 Å². The maximum atomic E-state index is 11.0. The number of hydrogen-bond donors (Lipinski definition) is 5. The zero-order chi connectivity index (χ0) is 18.4. The number of rotatable bonds is 0. The number of carbonyl (C=O) groups excluding carboxylic acids is 2. The molecule has 12 heteroatoms. The van der Waals surface area contributed by atoms with Crippen LogP contribution >= 0.6 is 0 Å². The number of hydrogen-bond acceptors (Lipinski definition) is 8. The molecule has 1 heterocycles. The maximum Gasteiger partial charge on any atom is 0.261 e. The zero-order valence-electron chi connectivity index (χ0n) is 12.5. The smallest absolute Gasteiger partial charge is 0.261 e. The minimum atomic E-state index is -3.67. The number of allylic oxidation sites excluding steroid dienone is 2. The fourth-order valence-corrected chi connectivity index (χ4v) is 1.62. The highest BCUT2D eigenvalue weighted by atomic mass is 32.2. The van der Waals surface area contributed by atoms with Crippen molar-refractivity contribution in [1.82, 2.24) is 4.90 Å². The van der Waals surface area contributed by atoms with E-state index in [1.54, 1.807) is 11.9 Å². The number of guanidine groups is 1. The number of hydrazone groups is 1. The van der Waals surface area contributed by atoms with E-state index in [-0.39, 0.29) is 5.96 Å². The summed E-state index contributed by atoms with van der Waals surface area (Å²) in [6.07, 6.45) is 2.58. The Morgan fingerprint density at radius 2 is 1.70 bits per heavy atom. The molecule has 2 rings (SSSR count). The van der Waals surface area contributed by atoms with Gasteiger partial charge in [0.05, 0.1) is 12.4 Å². The van der Waals surface area contributed by atoms with E-state index in [1.807, 2.05) is 0 Å². The van der Waals surface area contributed by atoms with Gasteiger partial charge in [-0.1, -0.05) is 0 Å². The lowest BCUT2D eigenvalue weighted by Gasteiger charge is -2.13. The van der Waals surface area contributed by atoms with Gasteiger partial charge >= 0.3 is 0 Å². The number of fused-ring (bicyclic) bond motifs is 1. The Hall–Kier alpha value is -2.44. The van der Waals surface area contributed by atoms with Gasteiger partial charge in [0.2, 0.25) is 17.5 Å². The van der Waals surface area contributed by atoms with Gasteiger partial charge in [0.1, 0.15) is 0 Å². The van der Waals surface area contributed by atoms with Crippen LogP contribution in [0.2, 0.25) is 0 Å². The summed E-state index contributed by atoms with van der Waals surface area (Å²) in [4.78, 5) is 23.8. The molecule has 1 aliphatic heterocycles. The van der Waals surface area contributed by atoms with E-state index in [0.717, 1.165) is 0 Å². The van der Waals surface area contributed by atoms with E-state index in [0.29, 0.717) is 24.1 Å². The second-order valence-electron chi connectivity index (χ2n) is 4.54. The number of aliphatic hydroxyl groups excluding tert-OH is 1. The van der Waals surface area contributed by atoms with Gasteiger partial charge in [-0.2, -0.15) is 8.42 Å². The molecule has 11 nitrogen and oxygen atoms in total. The normalized spacial score (nSPS) is 19.3. The lowest BCUT2D eigenvalue weighted by atomic mass is 10.0. The van der Waals surface area contributed by atoms with Gasteiger partial charge in [-0.15, -0.1) is 5.10 Å². The van der Waals surface area contributed by atoms with Crippen molar-refractivity contribution < 1.29 is 27.7 Å². The molecule has 0 spiro atoms. The Kier molecular flexibility index (Phi) is 7.38. The molecular formula is C11H19N5O6S. The first-order chi connectivity index (χ1) is 10.4. The zero-order valence-corrected chi connectivity index (χ0v) is 13.3. The van der Waals surface area contributed by atoms with E-state index >= 15 is 0 Å². The summed E-state index contributed by atoms with van der Waals surface area (Å²) < 4.78 is 25.9. The van der Waals surface area contributed by atoms with Crippen molar-refractivity contribution in [3.05, 3.63) is 23.4 Å². The minimum Gasteiger partial charge on any atom is -0.386 e. The van der Waals surface area contributed by atoms with Crippen molar-refractivity contribution >= 4 is 27.6 Å². The first-order valence-corrected chi connectivity index (χ1v) is 7.84. The predicted molar refractivity (Wildman–Crippen MR) is 82.3 cm³/mol. The Bertz CT molecular complexity index is 620. The number of nitrogens with zero attached hydrogens (tertiary/aromatic N) is 2. The van der Waals surface area contributed by atoms with Crippen LogP contribution in [0.4, 0.5) is 0 Å². The summed E-state index contributed by atoms with van der Waals surface area (Å²) in [6.45, 7) is 0.443. The standard InChI is InChI=1S/C9H9NO3.CH6N4.CH4O3S/c1-10-4-9(13)5-2-7(11)8(12)3-6(5)10;2-1(3)5-4;1-5(2,3)4/h2-3,9,13H,4H2,1H3;4H2,(H4,2,3,5);1H3,(H,2,3,4). The average Bonchev–Trinajstić information content (AvgIpc) is 2.64. The molecule has 0 radical (unpaired) electrons. The van der Waals surface area contributed by atoms with Gasteiger partial charge in [-0.05, 0) is 6.08 Å². The highest BCUT2D eigenvalue weighted by Gasteiger charge is 2.32. The molecule has 0 saturated carbocycles. The number of nitrogens with two attached hydrogens (primary N) is 3. The average molecular weight is 349 g/mol. The second-order valence-corrected chi connectivity index (χ2v) is 6.01. The molecule has 1 aliphatic carbocycles. The molecule has 0 amide bonds. The number of likely N-dealkylation sites (tertiary alicyclic amines) is 1. The fourth-order valence-electron chi connectivity index (χ4n) is 1.62. The van der Waals surface area contributed by atoms with Crippen LogP contribution < -0.4 is 17.3 Å². The molecule has 2 aliphatic rings. The van der Waals surface area contributed by atoms with Crippen molar-refractivity contribution in [1.29, 1.82) is 0 Å². The number of carbonyl (C=O) groups is 2. The number of β-amino-alcohol motifs (C(OH)–C–C–N with tert-alkyl or cyclic N) is 1. The molecule has 0 aromatic heterocycles. The third-order valence-corrected chi connectivity index (χ3v) is 2.46. The van der Waals surface area contributed by atoms with E-state index < -0.39 is 27.8 Å². The van der Waals surface area contributed by atoms with Gasteiger partial charge in [0.15, 0.2) is 0 Å². The van der Waals surface area contributed by atoms with Gasteiger partial charge < -0.3 is 27.3 Å². The lowest BCUT2D eigenvalue weighted by Crippen LogP contribution is -2.23. The van der Waals surface area contributed by atoms with Crippen LogP contribution in [0, 0.1) is 0 Å². The van der Waals surface area contributed by atoms with Crippen LogP contribution in [0.1, 0.15) is 0 Å². The van der Waals surface area contributed by atoms with Crippen LogP contribution in [0.15, 0.2) is 28.5 Å². The SMILES string of the molecule is CN1CC(O)C2=CC(=O)C(=O)C=C21.CS(=O)(=O)O.NN=C(N)N. The molecule has 8 N–H and O–H groups in total. The molecule has 23 heavy (non-hydrogen) atoms. The fraction of sp³-hybridized carbons (Fsp3) is 0.364. The highest BCUT2D eigenvalue weighted by Crippen LogP contribution is 2.28. The van der Waals surface area contributed by atoms with Crippen LogP contribution in [0.3, 0.4) is 0 Å². The van der Waals surface area contributed by atoms with Crippen molar-refractivity contribution in [3.8, 4) is 0 Å². The van der Waals surface area contributed by atoms with Crippen LogP contribution in [0.25, 0.3) is 0 Å². The van der Waals surface area contributed by atoms with Gasteiger partial charge in [-0.25, -0.2) is 0 Å². The number of likely N-dealkylation sites (N-methyl/N-ethyl adjacent to an activating group) is 1. The molecule has 0 aromatic carbocycles. The molecule has 1 atom stereocenters. The largest absolute Gasteiger partial charge is 0.386 e. The van der Waals surface area contributed by atoms with Gasteiger partial charge in [0, 0.05) is 30.9 Å². The van der Waals surface area contributed by atoms with E-state index in [9.17, 15) is 23.1 Å². The molecule has 0 aromatic rings. The van der Waals surface area contributed by atoms with E-state index in [4.69, 9.17) is 16.0 Å². The summed E-state index contributed by atoms with van der Waals surface area (Å²) in [5.41, 5.74) is 10.6. The molecule has 1 fully saturated rings. The first kappa shape index (κ1) is 20.6. The molecule has 0 bridgehead atoms. The summed E-state index contributed by atoms with van der Waals surface area (Å²) in [6, 6.07) is 0. The van der Waals surface area contributed by atoms with Crippen LogP contribution in [-0.2, 0) is 19.7 Å². The van der Waals surface area contributed by atoms with Crippen molar-refractivity contribution in [2.75, 3.05) is 19.8 Å². The first-order valence-electron chi connectivity index (χ1n) is 5.99. The van der Waals surface area contributed by atoms with Crippen molar-refractivity contribution in [2.45, 2.75) is 6.10 Å². The maximum absolute atomic E-state index is 11.0. The molecule has 130 valence electrons. The summed E-state index contributed by atoms with van der Waals surface area (Å²) >= 11 is 0. The Morgan fingerprint density at radius 1 is 1.30 bits per heavy atom. The second kappa shape index (κ2) is 8.26. The molecule has 1 saturated heterocycles. The Balaban J connectivity index is 0.000000406. The van der Waals surface area contributed by atoms with Gasteiger partial charge in [-0.3, -0.25) is 14.1 Å². The molecule has 1 unspecified atom stereocenters. The lowest BCUT2D eigenvalue weighted by molar-refractivity contribution is -0.131. The molecular weight excluding hydrogens is 330 g/mol. The number of ketones is 2. The quantitative estimate of drug-likeness (QED) is 0.0566. The monoisotopic (exact) mass is 349 g/mol. The minimum absolute atomic E-state index is 0.0926. The van der Waals surface area contributed by atoms with E-state index in [1.165, 1.54) is 12.2 Å². The highest BCUT2D eigenvalue weighted by molar-refractivity contribution is 7.85. The summed E-state index contributed by atoms with van der Waals surface area (Å²) in [7, 11) is -1.89. The van der Waals surface area contributed by atoms with Gasteiger partial charge in [0.25, 0.3) is 10.1 Å². The third kappa shape index (κ3) is 7.94. The van der Waals surface area contributed by atoms with Crippen molar-refractivity contribution in [2.24, 2.45) is 22.4 Å². The topological polar surface area (TPSA) is 202 Å². The number of aliphatic hydroxyl groups is 1. The Labute approximate surface area is 132 Å². The summed E-state index contributed by atoms with van der Waals surface area (Å²) in [5, 5.41) is 12.3. The Morgan fingerprint density at radius 3 is 2.09 bits per heavy atom. The van der Waals surface area contributed by atoms with Crippen molar-refractivity contribution in [3.63, 3.8) is 0 Å². The van der Waals surface area contributed by atoms with E-state index in [2.05, 4.69) is 10.9 Å². The third-order valence-electron chi connectivity index (χ3n) is 2.46. The summed E-state index contributed by atoms with van der Waals surface area (Å²) in [5.74, 6) is 3.35. The van der Waals surface area contributed by atoms with Crippen LogP contribution in [-0.4, -0.2) is 66.5 Å². The predicted octanol–water partition coefficient (Wildman–Crippen LogP) is -3.11.